The van der Waals surface area contributed by atoms with Gasteiger partial charge < -0.3 is 4.74 Å². The summed E-state index contributed by atoms with van der Waals surface area (Å²) in [5, 5.41) is 3.51. The third kappa shape index (κ3) is 3.19. The largest absolute Gasteiger partial charge is 0.453 e. The molecule has 1 aliphatic heterocycles. The van der Waals surface area contributed by atoms with Crippen molar-refractivity contribution >= 4 is 49.4 Å². The van der Waals surface area contributed by atoms with Gasteiger partial charge in [0.15, 0.2) is 23.8 Å². The highest BCUT2D eigenvalue weighted by atomic mass is 16.5. The molecule has 7 nitrogen and oxygen atoms in total. The summed E-state index contributed by atoms with van der Waals surface area (Å²) in [5.41, 5.74) is 11.4. The highest BCUT2D eigenvalue weighted by Crippen LogP contribution is 2.44. The van der Waals surface area contributed by atoms with Crippen LogP contribution in [0.15, 0.2) is 91.5 Å². The van der Waals surface area contributed by atoms with E-state index in [1.807, 2.05) is 18.6 Å². The van der Waals surface area contributed by atoms with E-state index in [4.69, 9.17) is 9.72 Å². The number of ether oxygens (including phenoxy) is 1. The van der Waals surface area contributed by atoms with Crippen LogP contribution in [-0.4, -0.2) is 19.1 Å². The van der Waals surface area contributed by atoms with Crippen molar-refractivity contribution in [1.29, 1.82) is 0 Å². The van der Waals surface area contributed by atoms with Gasteiger partial charge >= 0.3 is 0 Å². The summed E-state index contributed by atoms with van der Waals surface area (Å²) in [5.74, 6) is 1.90. The van der Waals surface area contributed by atoms with Crippen LogP contribution >= 0.6 is 0 Å². The van der Waals surface area contributed by atoms with Gasteiger partial charge in [-0.05, 0) is 35.7 Å². The first-order chi connectivity index (χ1) is 21.0. The van der Waals surface area contributed by atoms with Crippen LogP contribution in [0.4, 0.5) is 0 Å². The number of rotatable bonds is 2. The lowest BCUT2D eigenvalue weighted by atomic mass is 9.93. The van der Waals surface area contributed by atoms with Crippen LogP contribution in [0.2, 0.25) is 0 Å². The van der Waals surface area contributed by atoms with E-state index in [1.54, 1.807) is 0 Å². The summed E-state index contributed by atoms with van der Waals surface area (Å²) in [4.78, 5) is 9.74. The van der Waals surface area contributed by atoms with Crippen LogP contribution in [-0.2, 0) is 20.5 Å². The molecule has 0 unspecified atom stereocenters. The molecule has 0 N–H and O–H groups in total. The topological polar surface area (TPSA) is 52.1 Å². The van der Waals surface area contributed by atoms with Gasteiger partial charge in [0, 0.05) is 23.6 Å². The van der Waals surface area contributed by atoms with Crippen LogP contribution in [0.3, 0.4) is 0 Å². The number of aryl methyl sites for hydroxylation is 2. The van der Waals surface area contributed by atoms with E-state index in [2.05, 4.69) is 124 Å². The Labute approximate surface area is 247 Å². The first-order valence-corrected chi connectivity index (χ1v) is 14.8. The Morgan fingerprint density at radius 1 is 0.791 bits per heavy atom. The second-order valence-electron chi connectivity index (χ2n) is 11.9. The standard InChI is InChI=1S/C36H30N6O/c1-21(2)23-11-9-15-29-33(23)35-34(36-39(3)27-13-7-8-14-28(27)42(29)36)25-16-24-30(17-37-18-31(24)43-32(25)19-38-35)41-20-22-10-5-6-12-26(22)40(41)4/h5-15,17-21H,16H2,1-4H3/q+2. The lowest BCUT2D eigenvalue weighted by Crippen LogP contribution is -2.38. The van der Waals surface area contributed by atoms with E-state index >= 15 is 0 Å². The molecule has 0 fully saturated rings. The zero-order valence-electron chi connectivity index (χ0n) is 24.5. The van der Waals surface area contributed by atoms with E-state index < -0.39 is 0 Å². The van der Waals surface area contributed by atoms with Crippen LogP contribution in [0.1, 0.15) is 36.5 Å². The van der Waals surface area contributed by atoms with Crippen LogP contribution in [0.5, 0.6) is 11.5 Å². The van der Waals surface area contributed by atoms with Crippen LogP contribution < -0.4 is 14.0 Å². The second kappa shape index (κ2) is 8.61. The maximum atomic E-state index is 6.65. The molecule has 0 amide bonds. The van der Waals surface area contributed by atoms with E-state index in [0.717, 1.165) is 50.4 Å². The summed E-state index contributed by atoms with van der Waals surface area (Å²) in [6, 6.07) is 23.7. The minimum Gasteiger partial charge on any atom is -0.453 e. The van der Waals surface area contributed by atoms with Crippen molar-refractivity contribution in [2.75, 3.05) is 0 Å². The fourth-order valence-corrected chi connectivity index (χ4v) is 7.22. The summed E-state index contributed by atoms with van der Waals surface area (Å²) >= 11 is 0. The SMILES string of the molecule is CC(C)c1cccc2c1c1ncc3c(c1c1n2c2ccccc2[n+]1C)Cc1c(cncc1-n1cc2ccccc2[n+]1C)O3. The first-order valence-electron chi connectivity index (χ1n) is 14.8. The quantitative estimate of drug-likeness (QED) is 0.176. The molecule has 0 bridgehead atoms. The van der Waals surface area contributed by atoms with Crippen molar-refractivity contribution in [3.63, 3.8) is 0 Å². The van der Waals surface area contributed by atoms with Gasteiger partial charge in [0.1, 0.15) is 17.0 Å². The average molecular weight is 563 g/mol. The minimum absolute atomic E-state index is 0.343. The van der Waals surface area contributed by atoms with Gasteiger partial charge in [0.2, 0.25) is 5.52 Å². The molecule has 1 aliphatic rings. The smallest absolute Gasteiger partial charge is 0.297 e. The number of para-hydroxylation sites is 3. The summed E-state index contributed by atoms with van der Waals surface area (Å²) in [6.45, 7) is 4.52. The molecular formula is C36H30N6O+2. The molecular weight excluding hydrogens is 532 g/mol. The van der Waals surface area contributed by atoms with Crippen molar-refractivity contribution in [2.24, 2.45) is 14.1 Å². The molecule has 5 aromatic heterocycles. The molecule has 0 aliphatic carbocycles. The van der Waals surface area contributed by atoms with Crippen LogP contribution in [0.25, 0.3) is 55.1 Å². The molecule has 0 saturated heterocycles. The summed E-state index contributed by atoms with van der Waals surface area (Å²) < 4.78 is 15.7. The van der Waals surface area contributed by atoms with Crippen molar-refractivity contribution in [2.45, 2.75) is 26.2 Å². The number of aromatic nitrogens is 6. The molecule has 8 aromatic rings. The van der Waals surface area contributed by atoms with E-state index in [9.17, 15) is 0 Å². The average Bonchev–Trinajstić information content (AvgIpc) is 3.53. The fourth-order valence-electron chi connectivity index (χ4n) is 7.22. The van der Waals surface area contributed by atoms with Gasteiger partial charge in [0.05, 0.1) is 53.5 Å². The number of nitrogens with zero attached hydrogens (tertiary/aromatic N) is 6. The Kier molecular flexibility index (Phi) is 4.87. The van der Waals surface area contributed by atoms with Gasteiger partial charge in [-0.15, -0.1) is 9.36 Å². The number of hydrogen-bond acceptors (Lipinski definition) is 3. The van der Waals surface area contributed by atoms with Crippen molar-refractivity contribution in [1.82, 2.24) is 19.1 Å². The summed E-state index contributed by atoms with van der Waals surface area (Å²) in [7, 11) is 4.25. The highest BCUT2D eigenvalue weighted by molar-refractivity contribution is 6.14. The van der Waals surface area contributed by atoms with Crippen molar-refractivity contribution < 1.29 is 14.0 Å². The predicted octanol–water partition coefficient (Wildman–Crippen LogP) is 6.60. The van der Waals surface area contributed by atoms with Gasteiger partial charge in [-0.2, -0.15) is 4.40 Å². The number of imidazole rings is 1. The Morgan fingerprint density at radius 2 is 1.56 bits per heavy atom. The Balaban J connectivity index is 1.41. The molecule has 0 spiro atoms. The molecule has 3 aromatic carbocycles. The monoisotopic (exact) mass is 562 g/mol. The van der Waals surface area contributed by atoms with E-state index in [-0.39, 0.29) is 0 Å². The van der Waals surface area contributed by atoms with Gasteiger partial charge in [-0.3, -0.25) is 9.97 Å². The van der Waals surface area contributed by atoms with E-state index in [0.29, 0.717) is 12.3 Å². The third-order valence-corrected chi connectivity index (χ3v) is 9.24. The molecule has 43 heavy (non-hydrogen) atoms. The lowest BCUT2D eigenvalue weighted by molar-refractivity contribution is -0.720. The Hall–Kier alpha value is -5.30. The van der Waals surface area contributed by atoms with Gasteiger partial charge in [0.25, 0.3) is 5.65 Å². The molecule has 0 radical (unpaired) electrons. The molecule has 0 atom stereocenters. The van der Waals surface area contributed by atoms with Crippen molar-refractivity contribution in [3.8, 4) is 17.2 Å². The highest BCUT2D eigenvalue weighted by Gasteiger charge is 2.32. The molecule has 208 valence electrons. The van der Waals surface area contributed by atoms with Gasteiger partial charge in [-0.25, -0.2) is 4.57 Å². The minimum atomic E-state index is 0.343. The van der Waals surface area contributed by atoms with Gasteiger partial charge in [-0.1, -0.05) is 50.2 Å². The third-order valence-electron chi connectivity index (χ3n) is 9.24. The predicted molar refractivity (Wildman–Crippen MR) is 168 cm³/mol. The number of fused-ring (bicyclic) bond motifs is 12. The number of pyridine rings is 3. The second-order valence-corrected chi connectivity index (χ2v) is 11.9. The summed E-state index contributed by atoms with van der Waals surface area (Å²) in [6.07, 6.45) is 8.55. The van der Waals surface area contributed by atoms with Crippen molar-refractivity contribution in [3.05, 3.63) is 108 Å². The Bertz CT molecular complexity index is 2470. The molecule has 0 saturated carbocycles. The normalized spacial score (nSPS) is 13.0. The first kappa shape index (κ1) is 24.3. The Morgan fingerprint density at radius 3 is 2.40 bits per heavy atom. The zero-order chi connectivity index (χ0) is 29.0. The number of hydrogen-bond donors (Lipinski definition) is 0. The molecule has 6 heterocycles. The van der Waals surface area contributed by atoms with Crippen LogP contribution in [0, 0.1) is 0 Å². The number of benzene rings is 3. The maximum absolute atomic E-state index is 6.65. The zero-order valence-corrected chi connectivity index (χ0v) is 24.5. The van der Waals surface area contributed by atoms with E-state index in [1.165, 1.54) is 32.9 Å². The maximum Gasteiger partial charge on any atom is 0.297 e. The molecule has 9 rings (SSSR count). The fraction of sp³-hybridized carbons (Fsp3) is 0.167. The lowest BCUT2D eigenvalue weighted by Gasteiger charge is -2.23. The molecule has 7 heteroatoms.